The van der Waals surface area contributed by atoms with Gasteiger partial charge >= 0.3 is 0 Å². The quantitative estimate of drug-likeness (QED) is 0.902. The Balaban J connectivity index is 2.10. The van der Waals surface area contributed by atoms with Crippen LogP contribution < -0.4 is 10.1 Å². The van der Waals surface area contributed by atoms with Crippen LogP contribution in [0.4, 0.5) is 0 Å². The van der Waals surface area contributed by atoms with Crippen LogP contribution >= 0.6 is 11.6 Å². The Hall–Kier alpha value is -1.32. The van der Waals surface area contributed by atoms with Crippen LogP contribution in [0.1, 0.15) is 24.4 Å². The molecule has 3 rings (SSSR count). The van der Waals surface area contributed by atoms with E-state index in [-0.39, 0.29) is 0 Å². The van der Waals surface area contributed by atoms with E-state index in [0.717, 1.165) is 28.9 Å². The van der Waals surface area contributed by atoms with Gasteiger partial charge in [0, 0.05) is 17.5 Å². The summed E-state index contributed by atoms with van der Waals surface area (Å²) in [7, 11) is 1.62. The predicted octanol–water partition coefficient (Wildman–Crippen LogP) is 3.32. The molecular formula is C14H15ClN2O. The first-order valence-electron chi connectivity index (χ1n) is 6.16. The number of hydrogen-bond donors (Lipinski definition) is 1. The lowest BCUT2D eigenvalue weighted by molar-refractivity contribution is 0.399. The fraction of sp³-hybridized carbons (Fsp3) is 0.357. The molecule has 18 heavy (non-hydrogen) atoms. The highest BCUT2D eigenvalue weighted by Gasteiger charge is 2.20. The molecule has 1 aromatic carbocycles. The maximum absolute atomic E-state index is 6.50. The predicted molar refractivity (Wildman–Crippen MR) is 73.3 cm³/mol. The average Bonchev–Trinajstić information content (AvgIpc) is 2.92. The summed E-state index contributed by atoms with van der Waals surface area (Å²) < 4.78 is 5.13. The van der Waals surface area contributed by atoms with Gasteiger partial charge in [-0.25, -0.2) is 4.98 Å². The van der Waals surface area contributed by atoms with Crippen LogP contribution in [0.3, 0.4) is 0 Å². The first kappa shape index (κ1) is 11.8. The van der Waals surface area contributed by atoms with E-state index in [2.05, 4.69) is 16.4 Å². The molecule has 2 aromatic rings. The molecular weight excluding hydrogens is 248 g/mol. The molecule has 0 amide bonds. The minimum atomic E-state index is 0.379. The number of halogens is 1. The summed E-state index contributed by atoms with van der Waals surface area (Å²) in [6.07, 6.45) is 2.36. The number of nitrogens with one attached hydrogen (secondary N) is 1. The van der Waals surface area contributed by atoms with Crippen LogP contribution in [-0.2, 0) is 0 Å². The Morgan fingerprint density at radius 2 is 2.22 bits per heavy atom. The molecule has 0 aliphatic carbocycles. The fourth-order valence-corrected chi connectivity index (χ4v) is 2.85. The van der Waals surface area contributed by atoms with Crippen molar-refractivity contribution < 1.29 is 4.74 Å². The second kappa shape index (κ2) is 4.75. The van der Waals surface area contributed by atoms with E-state index in [0.29, 0.717) is 11.9 Å². The normalized spacial score (nSPS) is 19.3. The highest BCUT2D eigenvalue weighted by Crippen LogP contribution is 2.34. The summed E-state index contributed by atoms with van der Waals surface area (Å²) in [6, 6.07) is 8.28. The van der Waals surface area contributed by atoms with Gasteiger partial charge in [-0.3, -0.25) is 0 Å². The number of ether oxygens (including phenoxy) is 1. The smallest absolute Gasteiger partial charge is 0.213 e. The van der Waals surface area contributed by atoms with Crippen molar-refractivity contribution in [1.29, 1.82) is 0 Å². The van der Waals surface area contributed by atoms with Crippen molar-refractivity contribution >= 4 is 22.5 Å². The maximum atomic E-state index is 6.50. The third kappa shape index (κ3) is 1.93. The number of methoxy groups -OCH3 is 1. The molecule has 1 fully saturated rings. The average molecular weight is 263 g/mol. The zero-order valence-corrected chi connectivity index (χ0v) is 11.0. The van der Waals surface area contributed by atoms with Crippen LogP contribution in [0.15, 0.2) is 24.3 Å². The Kier molecular flexibility index (Phi) is 3.10. The molecule has 0 saturated carbocycles. The molecule has 4 heteroatoms. The molecule has 1 aliphatic rings. The lowest BCUT2D eigenvalue weighted by Gasteiger charge is -2.14. The van der Waals surface area contributed by atoms with E-state index < -0.39 is 0 Å². The Bertz CT molecular complexity index is 579. The summed E-state index contributed by atoms with van der Waals surface area (Å²) in [4.78, 5) is 4.40. The van der Waals surface area contributed by atoms with Gasteiger partial charge in [-0.1, -0.05) is 17.7 Å². The van der Waals surface area contributed by atoms with Crippen molar-refractivity contribution in [2.75, 3.05) is 13.7 Å². The van der Waals surface area contributed by atoms with Gasteiger partial charge in [0.2, 0.25) is 5.88 Å². The van der Waals surface area contributed by atoms with Gasteiger partial charge in [0.1, 0.15) is 0 Å². The van der Waals surface area contributed by atoms with Crippen LogP contribution in [-0.4, -0.2) is 18.6 Å². The molecule has 1 aromatic heterocycles. The number of rotatable bonds is 2. The minimum Gasteiger partial charge on any atom is -0.481 e. The molecule has 0 spiro atoms. The van der Waals surface area contributed by atoms with Crippen LogP contribution in [0, 0.1) is 0 Å². The number of aromatic nitrogens is 1. The van der Waals surface area contributed by atoms with Gasteiger partial charge in [0.25, 0.3) is 0 Å². The summed E-state index contributed by atoms with van der Waals surface area (Å²) in [6.45, 7) is 1.07. The summed E-state index contributed by atoms with van der Waals surface area (Å²) in [5.41, 5.74) is 2.05. The molecule has 0 bridgehead atoms. The van der Waals surface area contributed by atoms with Crippen molar-refractivity contribution in [3.8, 4) is 5.88 Å². The number of benzene rings is 1. The van der Waals surface area contributed by atoms with Crippen LogP contribution in [0.5, 0.6) is 5.88 Å². The molecule has 1 N–H and O–H groups in total. The van der Waals surface area contributed by atoms with Crippen molar-refractivity contribution in [2.24, 2.45) is 0 Å². The standard InChI is InChI=1S/C14H15ClN2O/c1-18-13-7-5-10-12(17-13)6-4-9(14(10)15)11-3-2-8-16-11/h4-7,11,16H,2-3,8H2,1H3. The SMILES string of the molecule is COc1ccc2c(Cl)c(C3CCCN3)ccc2n1. The lowest BCUT2D eigenvalue weighted by atomic mass is 10.0. The molecule has 1 aliphatic heterocycles. The van der Waals surface area contributed by atoms with Crippen molar-refractivity contribution in [3.05, 3.63) is 34.9 Å². The molecule has 1 saturated heterocycles. The zero-order valence-electron chi connectivity index (χ0n) is 10.2. The summed E-state index contributed by atoms with van der Waals surface area (Å²) in [5, 5.41) is 5.27. The molecule has 2 heterocycles. The maximum Gasteiger partial charge on any atom is 0.213 e. The fourth-order valence-electron chi connectivity index (χ4n) is 2.50. The topological polar surface area (TPSA) is 34.1 Å². The van der Waals surface area contributed by atoms with Gasteiger partial charge in [-0.15, -0.1) is 0 Å². The van der Waals surface area contributed by atoms with E-state index in [4.69, 9.17) is 16.3 Å². The van der Waals surface area contributed by atoms with Gasteiger partial charge in [0.15, 0.2) is 0 Å². The van der Waals surface area contributed by atoms with E-state index in [1.165, 1.54) is 12.0 Å². The minimum absolute atomic E-state index is 0.379. The molecule has 1 unspecified atom stereocenters. The van der Waals surface area contributed by atoms with Crippen molar-refractivity contribution in [1.82, 2.24) is 10.3 Å². The van der Waals surface area contributed by atoms with Crippen LogP contribution in [0.2, 0.25) is 5.02 Å². The third-order valence-electron chi connectivity index (χ3n) is 3.45. The summed E-state index contributed by atoms with van der Waals surface area (Å²) in [5.74, 6) is 0.616. The highest BCUT2D eigenvalue weighted by atomic mass is 35.5. The molecule has 0 radical (unpaired) electrons. The van der Waals surface area contributed by atoms with E-state index in [1.807, 2.05) is 18.2 Å². The molecule has 1 atom stereocenters. The van der Waals surface area contributed by atoms with E-state index in [9.17, 15) is 0 Å². The Morgan fingerprint density at radius 1 is 1.33 bits per heavy atom. The van der Waals surface area contributed by atoms with Crippen LogP contribution in [0.25, 0.3) is 10.9 Å². The monoisotopic (exact) mass is 262 g/mol. The Morgan fingerprint density at radius 3 is 2.94 bits per heavy atom. The van der Waals surface area contributed by atoms with E-state index >= 15 is 0 Å². The van der Waals surface area contributed by atoms with E-state index in [1.54, 1.807) is 7.11 Å². The second-order valence-corrected chi connectivity index (χ2v) is 4.92. The molecule has 94 valence electrons. The molecule has 3 nitrogen and oxygen atoms in total. The number of fused-ring (bicyclic) bond motifs is 1. The number of nitrogens with zero attached hydrogens (tertiary/aromatic N) is 1. The van der Waals surface area contributed by atoms with Crippen molar-refractivity contribution in [2.45, 2.75) is 18.9 Å². The first-order chi connectivity index (χ1) is 8.79. The zero-order chi connectivity index (χ0) is 12.5. The Labute approximate surface area is 111 Å². The third-order valence-corrected chi connectivity index (χ3v) is 3.88. The highest BCUT2D eigenvalue weighted by molar-refractivity contribution is 6.36. The van der Waals surface area contributed by atoms with Gasteiger partial charge in [0.05, 0.1) is 17.6 Å². The first-order valence-corrected chi connectivity index (χ1v) is 6.54. The number of pyridine rings is 1. The van der Waals surface area contributed by atoms with Crippen molar-refractivity contribution in [3.63, 3.8) is 0 Å². The number of hydrogen-bond acceptors (Lipinski definition) is 3. The second-order valence-electron chi connectivity index (χ2n) is 4.54. The largest absolute Gasteiger partial charge is 0.481 e. The van der Waals surface area contributed by atoms with Gasteiger partial charge in [-0.05, 0) is 37.1 Å². The summed E-state index contributed by atoms with van der Waals surface area (Å²) >= 11 is 6.50. The van der Waals surface area contributed by atoms with Gasteiger partial charge in [-0.2, -0.15) is 0 Å². The lowest BCUT2D eigenvalue weighted by Crippen LogP contribution is -2.13. The van der Waals surface area contributed by atoms with Gasteiger partial charge < -0.3 is 10.1 Å².